The van der Waals surface area contributed by atoms with Crippen molar-refractivity contribution in [2.75, 3.05) is 22.6 Å². The maximum absolute atomic E-state index is 13.1. The van der Waals surface area contributed by atoms with Crippen molar-refractivity contribution in [1.82, 2.24) is 0 Å². The normalized spacial score (nSPS) is 15.2. The molecular formula is C24H20ClN3O4. The number of fused-ring (bicyclic) bond motifs is 3. The van der Waals surface area contributed by atoms with Crippen LogP contribution in [0.3, 0.4) is 0 Å². The third-order valence-corrected chi connectivity index (χ3v) is 5.79. The highest BCUT2D eigenvalue weighted by molar-refractivity contribution is 6.19. The molecule has 0 saturated carbocycles. The van der Waals surface area contributed by atoms with Crippen LogP contribution in [0.4, 0.5) is 17.1 Å². The SMILES string of the molecule is CC(=O)Nc1cccc(/C=C/C(=O)N2CC(CCl)c3c2cc([N+](=O)[O-])c2ccccc32)c1. The predicted octanol–water partition coefficient (Wildman–Crippen LogP) is 5.09. The number of nitrogens with zero attached hydrogens (tertiary/aromatic N) is 2. The molecule has 1 atom stereocenters. The van der Waals surface area contributed by atoms with E-state index >= 15 is 0 Å². The summed E-state index contributed by atoms with van der Waals surface area (Å²) in [5, 5.41) is 15.7. The molecule has 1 unspecified atom stereocenters. The van der Waals surface area contributed by atoms with Crippen molar-refractivity contribution in [3.8, 4) is 0 Å². The second-order valence-electron chi connectivity index (χ2n) is 7.57. The second-order valence-corrected chi connectivity index (χ2v) is 7.88. The van der Waals surface area contributed by atoms with Crippen LogP contribution in [-0.2, 0) is 9.59 Å². The molecule has 32 heavy (non-hydrogen) atoms. The smallest absolute Gasteiger partial charge is 0.279 e. The summed E-state index contributed by atoms with van der Waals surface area (Å²) in [7, 11) is 0. The average Bonchev–Trinajstić information content (AvgIpc) is 3.15. The van der Waals surface area contributed by atoms with Gasteiger partial charge in [0.1, 0.15) is 0 Å². The number of anilines is 2. The van der Waals surface area contributed by atoms with E-state index in [0.29, 0.717) is 29.2 Å². The molecule has 0 fully saturated rings. The first-order chi connectivity index (χ1) is 15.4. The van der Waals surface area contributed by atoms with E-state index in [1.165, 1.54) is 24.0 Å². The molecule has 1 aliphatic heterocycles. The lowest BCUT2D eigenvalue weighted by molar-refractivity contribution is -0.383. The van der Waals surface area contributed by atoms with Crippen LogP contribution in [0.25, 0.3) is 16.8 Å². The topological polar surface area (TPSA) is 92.6 Å². The van der Waals surface area contributed by atoms with Crippen LogP contribution in [0.5, 0.6) is 0 Å². The van der Waals surface area contributed by atoms with Crippen LogP contribution in [-0.4, -0.2) is 29.2 Å². The van der Waals surface area contributed by atoms with Gasteiger partial charge in [0.25, 0.3) is 11.6 Å². The van der Waals surface area contributed by atoms with E-state index in [1.54, 1.807) is 36.4 Å². The number of amides is 2. The van der Waals surface area contributed by atoms with E-state index in [2.05, 4.69) is 5.32 Å². The number of hydrogen-bond acceptors (Lipinski definition) is 4. The molecule has 3 aromatic rings. The maximum Gasteiger partial charge on any atom is 0.279 e. The van der Waals surface area contributed by atoms with Gasteiger partial charge in [0.05, 0.1) is 16.0 Å². The van der Waals surface area contributed by atoms with E-state index < -0.39 is 4.92 Å². The van der Waals surface area contributed by atoms with E-state index in [-0.39, 0.29) is 23.4 Å². The Morgan fingerprint density at radius 3 is 2.62 bits per heavy atom. The third-order valence-electron chi connectivity index (χ3n) is 5.42. The van der Waals surface area contributed by atoms with Gasteiger partial charge in [0.15, 0.2) is 0 Å². The van der Waals surface area contributed by atoms with Gasteiger partial charge in [-0.2, -0.15) is 0 Å². The summed E-state index contributed by atoms with van der Waals surface area (Å²) >= 11 is 6.22. The molecule has 0 saturated heterocycles. The van der Waals surface area contributed by atoms with Crippen molar-refractivity contribution in [3.05, 3.63) is 81.9 Å². The summed E-state index contributed by atoms with van der Waals surface area (Å²) in [6, 6.07) is 15.7. The van der Waals surface area contributed by atoms with Crippen LogP contribution in [0.1, 0.15) is 24.0 Å². The minimum absolute atomic E-state index is 0.0423. The lowest BCUT2D eigenvalue weighted by Gasteiger charge is -2.16. The van der Waals surface area contributed by atoms with Crippen LogP contribution in [0, 0.1) is 10.1 Å². The number of carbonyl (C=O) groups is 2. The van der Waals surface area contributed by atoms with Gasteiger partial charge in [-0.1, -0.05) is 30.3 Å². The minimum Gasteiger partial charge on any atom is -0.326 e. The highest BCUT2D eigenvalue weighted by atomic mass is 35.5. The fraction of sp³-hybridized carbons (Fsp3) is 0.167. The fourth-order valence-corrected chi connectivity index (χ4v) is 4.35. The summed E-state index contributed by atoms with van der Waals surface area (Å²) in [5.74, 6) is -0.316. The number of alkyl halides is 1. The minimum atomic E-state index is -0.428. The van der Waals surface area contributed by atoms with Crippen LogP contribution < -0.4 is 10.2 Å². The Morgan fingerprint density at radius 2 is 1.94 bits per heavy atom. The van der Waals surface area contributed by atoms with Gasteiger partial charge in [-0.25, -0.2) is 0 Å². The molecule has 0 spiro atoms. The van der Waals surface area contributed by atoms with E-state index in [0.717, 1.165) is 16.5 Å². The molecule has 0 bridgehead atoms. The average molecular weight is 450 g/mol. The maximum atomic E-state index is 13.1. The van der Waals surface area contributed by atoms with Crippen molar-refractivity contribution < 1.29 is 14.5 Å². The third kappa shape index (κ3) is 4.07. The Balaban J connectivity index is 1.71. The number of non-ortho nitro benzene ring substituents is 1. The highest BCUT2D eigenvalue weighted by Crippen LogP contribution is 2.45. The Hall–Kier alpha value is -3.71. The first kappa shape index (κ1) is 21.5. The second kappa shape index (κ2) is 8.80. The number of benzene rings is 3. The molecule has 162 valence electrons. The largest absolute Gasteiger partial charge is 0.326 e. The van der Waals surface area contributed by atoms with Gasteiger partial charge in [0, 0.05) is 43.1 Å². The zero-order valence-corrected chi connectivity index (χ0v) is 18.0. The summed E-state index contributed by atoms with van der Waals surface area (Å²) in [6.45, 7) is 1.77. The number of nitro groups is 1. The van der Waals surface area contributed by atoms with Crippen molar-refractivity contribution in [3.63, 3.8) is 0 Å². The van der Waals surface area contributed by atoms with Gasteiger partial charge < -0.3 is 10.2 Å². The molecule has 1 N–H and O–H groups in total. The van der Waals surface area contributed by atoms with Crippen molar-refractivity contribution in [2.45, 2.75) is 12.8 Å². The summed E-state index contributed by atoms with van der Waals surface area (Å²) < 4.78 is 0. The summed E-state index contributed by atoms with van der Waals surface area (Å²) in [5.41, 5.74) is 2.70. The standard InChI is InChI=1S/C24H20ClN3O4/c1-15(29)26-18-6-4-5-16(11-18)9-10-23(30)27-14-17(13-25)24-20-8-3-2-7-19(20)21(28(31)32)12-22(24)27/h2-12,17H,13-14H2,1H3,(H,26,29)/b10-9+. The monoisotopic (exact) mass is 449 g/mol. The molecule has 1 heterocycles. The Morgan fingerprint density at radius 1 is 1.19 bits per heavy atom. The van der Waals surface area contributed by atoms with Gasteiger partial charge in [0.2, 0.25) is 5.91 Å². The first-order valence-corrected chi connectivity index (χ1v) is 10.6. The molecule has 4 rings (SSSR count). The molecule has 1 aliphatic rings. The van der Waals surface area contributed by atoms with Crippen molar-refractivity contribution in [1.29, 1.82) is 0 Å². The quantitative estimate of drug-likeness (QED) is 0.254. The lowest BCUT2D eigenvalue weighted by atomic mass is 9.95. The van der Waals surface area contributed by atoms with Gasteiger partial charge in [-0.15, -0.1) is 11.6 Å². The molecule has 0 aliphatic carbocycles. The molecule has 0 radical (unpaired) electrons. The number of hydrogen-bond donors (Lipinski definition) is 1. The van der Waals surface area contributed by atoms with E-state index in [1.807, 2.05) is 18.2 Å². The van der Waals surface area contributed by atoms with E-state index in [4.69, 9.17) is 11.6 Å². The molecule has 7 nitrogen and oxygen atoms in total. The van der Waals surface area contributed by atoms with Crippen LogP contribution in [0.15, 0.2) is 60.7 Å². The van der Waals surface area contributed by atoms with Crippen LogP contribution in [0.2, 0.25) is 0 Å². The first-order valence-electron chi connectivity index (χ1n) is 10.0. The zero-order chi connectivity index (χ0) is 22.8. The number of nitro benzene ring substituents is 1. The summed E-state index contributed by atoms with van der Waals surface area (Å²) in [4.78, 5) is 37.1. The van der Waals surface area contributed by atoms with Crippen molar-refractivity contribution in [2.24, 2.45) is 0 Å². The molecule has 2 amide bonds. The fourth-order valence-electron chi connectivity index (χ4n) is 4.09. The number of carbonyl (C=O) groups excluding carboxylic acids is 2. The van der Waals surface area contributed by atoms with Gasteiger partial charge >= 0.3 is 0 Å². The van der Waals surface area contributed by atoms with E-state index in [9.17, 15) is 19.7 Å². The van der Waals surface area contributed by atoms with Gasteiger partial charge in [-0.3, -0.25) is 19.7 Å². The van der Waals surface area contributed by atoms with Crippen molar-refractivity contribution >= 4 is 57.3 Å². The molecule has 3 aromatic carbocycles. The predicted molar refractivity (Wildman–Crippen MR) is 126 cm³/mol. The molecular weight excluding hydrogens is 430 g/mol. The summed E-state index contributed by atoms with van der Waals surface area (Å²) in [6.07, 6.45) is 3.07. The Labute approximate surface area is 189 Å². The highest BCUT2D eigenvalue weighted by Gasteiger charge is 2.35. The molecule has 0 aromatic heterocycles. The lowest BCUT2D eigenvalue weighted by Crippen LogP contribution is -2.28. The number of nitrogens with one attached hydrogen (secondary N) is 1. The molecule has 8 heteroatoms. The van der Waals surface area contributed by atoms with Gasteiger partial charge in [-0.05, 0) is 40.8 Å². The zero-order valence-electron chi connectivity index (χ0n) is 17.2. The van der Waals surface area contributed by atoms with Crippen LogP contribution >= 0.6 is 11.6 Å². The Bertz CT molecular complexity index is 1270. The number of rotatable bonds is 5. The Kier molecular flexibility index (Phi) is 5.92. The number of halogens is 1.